The van der Waals surface area contributed by atoms with E-state index in [9.17, 15) is 23.6 Å². The lowest BCUT2D eigenvalue weighted by molar-refractivity contribution is -0.142. The van der Waals surface area contributed by atoms with Crippen molar-refractivity contribution in [3.8, 4) is 0 Å². The summed E-state index contributed by atoms with van der Waals surface area (Å²) in [6.45, 7) is 10.2. The van der Waals surface area contributed by atoms with Crippen LogP contribution in [0, 0.1) is 5.82 Å². The Labute approximate surface area is 204 Å². The molecule has 0 radical (unpaired) electrons. The molecule has 0 bridgehead atoms. The van der Waals surface area contributed by atoms with Gasteiger partial charge in [-0.25, -0.2) is 14.0 Å². The normalized spacial score (nSPS) is 12.5. The Kier molecular flexibility index (Phi) is 10.6. The number of nitrogens with zero attached hydrogens (tertiary/aromatic N) is 1. The summed E-state index contributed by atoms with van der Waals surface area (Å²) in [6.07, 6.45) is -0.974. The average Bonchev–Trinajstić information content (AvgIpc) is 2.67. The Morgan fingerprint density at radius 2 is 1.69 bits per heavy atom. The minimum atomic E-state index is -1.34. The van der Waals surface area contributed by atoms with Gasteiger partial charge in [-0.1, -0.05) is 0 Å². The summed E-state index contributed by atoms with van der Waals surface area (Å²) in [5, 5.41) is 11.5. The first-order valence-electron chi connectivity index (χ1n) is 11.2. The number of rotatable bonds is 10. The van der Waals surface area contributed by atoms with E-state index in [-0.39, 0.29) is 37.2 Å². The second-order valence-electron chi connectivity index (χ2n) is 10.1. The number of nitrogens with two attached hydrogens (primary N) is 1. The second-order valence-corrected chi connectivity index (χ2v) is 10.1. The molecule has 2 amide bonds. The van der Waals surface area contributed by atoms with Gasteiger partial charge in [0.25, 0.3) is 0 Å². The zero-order valence-electron chi connectivity index (χ0n) is 21.1. The van der Waals surface area contributed by atoms with Crippen molar-refractivity contribution in [1.82, 2.24) is 10.2 Å². The van der Waals surface area contributed by atoms with Crippen LogP contribution in [-0.2, 0) is 25.6 Å². The molecule has 0 aliphatic carbocycles. The SMILES string of the molecule is CC(C)(C)OC(=O)NCCCN(Cc1cc(C(=O)OC(C)(C)C)ccc1F)C(=O)C(N)CC(=O)O. The lowest BCUT2D eigenvalue weighted by atomic mass is 10.1. The van der Waals surface area contributed by atoms with Crippen molar-refractivity contribution in [2.75, 3.05) is 13.1 Å². The molecule has 1 unspecified atom stereocenters. The average molecular weight is 498 g/mol. The third-order valence-electron chi connectivity index (χ3n) is 4.34. The van der Waals surface area contributed by atoms with Crippen LogP contribution < -0.4 is 11.1 Å². The van der Waals surface area contributed by atoms with E-state index in [1.807, 2.05) is 0 Å². The second kappa shape index (κ2) is 12.5. The fourth-order valence-corrected chi connectivity index (χ4v) is 2.92. The van der Waals surface area contributed by atoms with Crippen molar-refractivity contribution < 1.29 is 38.1 Å². The van der Waals surface area contributed by atoms with Crippen LogP contribution in [0.1, 0.15) is 70.3 Å². The number of ether oxygens (including phenoxy) is 2. The van der Waals surface area contributed by atoms with Gasteiger partial charge >= 0.3 is 18.0 Å². The number of alkyl carbamates (subject to hydrolysis) is 1. The third kappa shape index (κ3) is 11.7. The molecular formula is C24H36FN3O7. The topological polar surface area (TPSA) is 148 Å². The number of carbonyl (C=O) groups is 4. The number of aliphatic carboxylic acids is 1. The van der Waals surface area contributed by atoms with Gasteiger partial charge in [0.05, 0.1) is 18.0 Å². The summed E-state index contributed by atoms with van der Waals surface area (Å²) in [7, 11) is 0. The molecular weight excluding hydrogens is 461 g/mol. The van der Waals surface area contributed by atoms with Crippen molar-refractivity contribution >= 4 is 23.9 Å². The van der Waals surface area contributed by atoms with Gasteiger partial charge in [-0.2, -0.15) is 0 Å². The Hall–Kier alpha value is -3.21. The minimum Gasteiger partial charge on any atom is -0.481 e. The van der Waals surface area contributed by atoms with Crippen LogP contribution >= 0.6 is 0 Å². The molecule has 196 valence electrons. The molecule has 1 aromatic rings. The molecule has 0 saturated heterocycles. The third-order valence-corrected chi connectivity index (χ3v) is 4.34. The van der Waals surface area contributed by atoms with Crippen LogP contribution in [0.5, 0.6) is 0 Å². The summed E-state index contributed by atoms with van der Waals surface area (Å²) in [6, 6.07) is 2.31. The van der Waals surface area contributed by atoms with E-state index >= 15 is 0 Å². The molecule has 1 atom stereocenters. The van der Waals surface area contributed by atoms with Crippen LogP contribution in [-0.4, -0.2) is 64.3 Å². The molecule has 0 spiro atoms. The molecule has 0 heterocycles. The van der Waals surface area contributed by atoms with Gasteiger partial charge in [-0.15, -0.1) is 0 Å². The fourth-order valence-electron chi connectivity index (χ4n) is 2.92. The first kappa shape index (κ1) is 29.8. The number of esters is 1. The first-order chi connectivity index (χ1) is 16.0. The number of carboxylic acid groups (broad SMARTS) is 1. The smallest absolute Gasteiger partial charge is 0.407 e. The van der Waals surface area contributed by atoms with E-state index in [0.717, 1.165) is 6.07 Å². The van der Waals surface area contributed by atoms with Gasteiger partial charge in [-0.05, 0) is 66.2 Å². The van der Waals surface area contributed by atoms with Crippen LogP contribution in [0.4, 0.5) is 9.18 Å². The maximum absolute atomic E-state index is 14.6. The first-order valence-corrected chi connectivity index (χ1v) is 11.2. The largest absolute Gasteiger partial charge is 0.481 e. The number of carboxylic acids is 1. The van der Waals surface area contributed by atoms with Crippen molar-refractivity contribution in [2.24, 2.45) is 5.73 Å². The Balaban J connectivity index is 3.00. The molecule has 0 aliphatic rings. The highest BCUT2D eigenvalue weighted by Gasteiger charge is 2.25. The summed E-state index contributed by atoms with van der Waals surface area (Å²) in [5.74, 6) is -3.27. The molecule has 10 nitrogen and oxygen atoms in total. The van der Waals surface area contributed by atoms with Crippen molar-refractivity contribution in [3.63, 3.8) is 0 Å². The zero-order valence-corrected chi connectivity index (χ0v) is 21.1. The van der Waals surface area contributed by atoms with E-state index in [0.29, 0.717) is 0 Å². The predicted molar refractivity (Wildman–Crippen MR) is 126 cm³/mol. The van der Waals surface area contributed by atoms with E-state index in [4.69, 9.17) is 20.3 Å². The molecule has 1 rings (SSSR count). The predicted octanol–water partition coefficient (Wildman–Crippen LogP) is 2.83. The number of hydrogen-bond donors (Lipinski definition) is 3. The molecule has 0 saturated carbocycles. The highest BCUT2D eigenvalue weighted by molar-refractivity contribution is 5.90. The number of carbonyl (C=O) groups excluding carboxylic acids is 3. The van der Waals surface area contributed by atoms with Crippen molar-refractivity contribution in [3.05, 3.63) is 35.1 Å². The lowest BCUT2D eigenvalue weighted by Crippen LogP contribution is -2.45. The van der Waals surface area contributed by atoms with E-state index in [1.54, 1.807) is 41.5 Å². The highest BCUT2D eigenvalue weighted by Crippen LogP contribution is 2.18. The lowest BCUT2D eigenvalue weighted by Gasteiger charge is -2.26. The highest BCUT2D eigenvalue weighted by atomic mass is 19.1. The molecule has 0 fully saturated rings. The van der Waals surface area contributed by atoms with Gasteiger partial charge in [0.2, 0.25) is 5.91 Å². The van der Waals surface area contributed by atoms with Gasteiger partial charge in [0.1, 0.15) is 17.0 Å². The number of hydrogen-bond acceptors (Lipinski definition) is 7. The summed E-state index contributed by atoms with van der Waals surface area (Å²) >= 11 is 0. The Bertz CT molecular complexity index is 923. The van der Waals surface area contributed by atoms with Gasteiger partial charge < -0.3 is 30.5 Å². The van der Waals surface area contributed by atoms with Crippen LogP contribution in [0.2, 0.25) is 0 Å². The number of benzene rings is 1. The van der Waals surface area contributed by atoms with Gasteiger partial charge in [0, 0.05) is 25.2 Å². The molecule has 11 heteroatoms. The number of nitrogens with one attached hydrogen (secondary N) is 1. The summed E-state index contributed by atoms with van der Waals surface area (Å²) < 4.78 is 25.0. The Morgan fingerprint density at radius 3 is 2.23 bits per heavy atom. The molecule has 0 aliphatic heterocycles. The minimum absolute atomic E-state index is 0.0318. The fraction of sp³-hybridized carbons (Fsp3) is 0.583. The summed E-state index contributed by atoms with van der Waals surface area (Å²) in [5.41, 5.74) is 4.46. The van der Waals surface area contributed by atoms with Gasteiger partial charge in [-0.3, -0.25) is 9.59 Å². The summed E-state index contributed by atoms with van der Waals surface area (Å²) in [4.78, 5) is 49.2. The van der Waals surface area contributed by atoms with Crippen LogP contribution in [0.3, 0.4) is 0 Å². The molecule has 4 N–H and O–H groups in total. The molecule has 35 heavy (non-hydrogen) atoms. The number of amides is 2. The van der Waals surface area contributed by atoms with Gasteiger partial charge in [0.15, 0.2) is 0 Å². The monoisotopic (exact) mass is 497 g/mol. The maximum Gasteiger partial charge on any atom is 0.407 e. The van der Waals surface area contributed by atoms with Crippen LogP contribution in [0.25, 0.3) is 0 Å². The van der Waals surface area contributed by atoms with Crippen molar-refractivity contribution in [2.45, 2.75) is 78.2 Å². The van der Waals surface area contributed by atoms with Crippen LogP contribution in [0.15, 0.2) is 18.2 Å². The Morgan fingerprint density at radius 1 is 1.09 bits per heavy atom. The van der Waals surface area contributed by atoms with E-state index in [1.165, 1.54) is 17.0 Å². The zero-order chi connectivity index (χ0) is 27.0. The molecule has 0 aromatic heterocycles. The quantitative estimate of drug-likeness (QED) is 0.330. The van der Waals surface area contributed by atoms with E-state index < -0.39 is 53.4 Å². The van der Waals surface area contributed by atoms with Crippen molar-refractivity contribution in [1.29, 1.82) is 0 Å². The maximum atomic E-state index is 14.6. The van der Waals surface area contributed by atoms with E-state index in [2.05, 4.69) is 5.32 Å². The number of halogens is 1. The molecule has 1 aromatic carbocycles. The standard InChI is InChI=1S/C24H36FN3O7/c1-23(2,3)34-21(32)15-8-9-17(25)16(12-15)14-28(20(31)18(26)13-19(29)30)11-7-10-27-22(33)35-24(4,5)6/h8-9,12,18H,7,10-11,13-14,26H2,1-6H3,(H,27,33)(H,29,30).